The third-order valence-electron chi connectivity index (χ3n) is 4.44. The molecule has 1 amide bonds. The second-order valence-electron chi connectivity index (χ2n) is 6.66. The monoisotopic (exact) mass is 522 g/mol. The number of nitrogens with one attached hydrogen (secondary N) is 2. The van der Waals surface area contributed by atoms with Crippen molar-refractivity contribution < 1.29 is 17.9 Å². The number of hydrogen-bond acceptors (Lipinski definition) is 4. The summed E-state index contributed by atoms with van der Waals surface area (Å²) < 4.78 is 34.4. The number of benzene rings is 3. The number of halogens is 2. The van der Waals surface area contributed by atoms with Gasteiger partial charge < -0.3 is 10.1 Å². The Morgan fingerprint density at radius 2 is 1.74 bits per heavy atom. The molecule has 3 aromatic carbocycles. The van der Waals surface area contributed by atoms with E-state index >= 15 is 0 Å². The zero-order chi connectivity index (χ0) is 22.4. The predicted molar refractivity (Wildman–Crippen MR) is 125 cm³/mol. The van der Waals surface area contributed by atoms with E-state index in [0.29, 0.717) is 11.4 Å². The number of rotatable bonds is 8. The lowest BCUT2D eigenvalue weighted by Crippen LogP contribution is -2.45. The number of ether oxygens (including phenoxy) is 1. The molecule has 3 rings (SSSR count). The van der Waals surface area contributed by atoms with Crippen LogP contribution in [-0.4, -0.2) is 27.5 Å². The van der Waals surface area contributed by atoms with E-state index in [-0.39, 0.29) is 16.3 Å². The quantitative estimate of drug-likeness (QED) is 0.451. The van der Waals surface area contributed by atoms with Crippen molar-refractivity contribution >= 4 is 49.1 Å². The van der Waals surface area contributed by atoms with E-state index in [4.69, 9.17) is 16.3 Å². The first-order valence-corrected chi connectivity index (χ1v) is 11.9. The molecule has 0 heterocycles. The first kappa shape index (κ1) is 23.3. The highest BCUT2D eigenvalue weighted by molar-refractivity contribution is 9.10. The summed E-state index contributed by atoms with van der Waals surface area (Å²) in [5, 5.41) is 2.92. The van der Waals surface area contributed by atoms with Crippen LogP contribution in [0.1, 0.15) is 5.56 Å². The molecule has 0 aromatic heterocycles. The van der Waals surface area contributed by atoms with Crippen molar-refractivity contribution in [3.63, 3.8) is 0 Å². The number of carbonyl (C=O) groups is 1. The number of anilines is 1. The van der Waals surface area contributed by atoms with Crippen LogP contribution in [0.5, 0.6) is 5.75 Å². The standard InChI is InChI=1S/C22H20BrClN2O4S/c1-30-21-12-11-18(14-19(21)24)31(28,29)26-20(13-15-5-3-2-4-6-15)22(27)25-17-9-7-16(23)8-10-17/h2-12,14,20,26H,13H2,1H3,(H,25,27). The van der Waals surface area contributed by atoms with Crippen LogP contribution < -0.4 is 14.8 Å². The van der Waals surface area contributed by atoms with Crippen molar-refractivity contribution in [3.05, 3.63) is 87.9 Å². The van der Waals surface area contributed by atoms with Gasteiger partial charge in [0.2, 0.25) is 15.9 Å². The van der Waals surface area contributed by atoms with Crippen molar-refractivity contribution in [2.75, 3.05) is 12.4 Å². The lowest BCUT2D eigenvalue weighted by atomic mass is 10.1. The lowest BCUT2D eigenvalue weighted by Gasteiger charge is -2.19. The highest BCUT2D eigenvalue weighted by Crippen LogP contribution is 2.27. The van der Waals surface area contributed by atoms with E-state index in [0.717, 1.165) is 10.0 Å². The smallest absolute Gasteiger partial charge is 0.242 e. The maximum Gasteiger partial charge on any atom is 0.242 e. The Morgan fingerprint density at radius 1 is 1.06 bits per heavy atom. The van der Waals surface area contributed by atoms with Gasteiger partial charge in [-0.25, -0.2) is 8.42 Å². The molecule has 0 aliphatic heterocycles. The molecule has 0 spiro atoms. The molecular formula is C22H20BrClN2O4S. The summed E-state index contributed by atoms with van der Waals surface area (Å²) in [4.78, 5) is 12.9. The third kappa shape index (κ3) is 6.30. The van der Waals surface area contributed by atoms with Crippen LogP contribution in [0.3, 0.4) is 0 Å². The molecule has 0 saturated heterocycles. The maximum absolute atomic E-state index is 13.0. The topological polar surface area (TPSA) is 84.5 Å². The van der Waals surface area contributed by atoms with Crippen molar-refractivity contribution in [3.8, 4) is 5.75 Å². The number of amides is 1. The summed E-state index contributed by atoms with van der Waals surface area (Å²) in [7, 11) is -2.59. The number of carbonyl (C=O) groups excluding carboxylic acids is 1. The van der Waals surface area contributed by atoms with Gasteiger partial charge in [0.25, 0.3) is 0 Å². The Hall–Kier alpha value is -2.39. The average molecular weight is 524 g/mol. The van der Waals surface area contributed by atoms with E-state index in [1.54, 1.807) is 24.3 Å². The maximum atomic E-state index is 13.0. The van der Waals surface area contributed by atoms with E-state index < -0.39 is 22.0 Å². The summed E-state index contributed by atoms with van der Waals surface area (Å²) in [6.45, 7) is 0. The molecular weight excluding hydrogens is 504 g/mol. The van der Waals surface area contributed by atoms with Gasteiger partial charge in [-0.1, -0.05) is 57.9 Å². The van der Waals surface area contributed by atoms with Crippen LogP contribution in [0.2, 0.25) is 5.02 Å². The van der Waals surface area contributed by atoms with Crippen molar-refractivity contribution in [2.24, 2.45) is 0 Å². The molecule has 1 unspecified atom stereocenters. The van der Waals surface area contributed by atoms with E-state index in [2.05, 4.69) is 26.0 Å². The van der Waals surface area contributed by atoms with Gasteiger partial charge in [-0.15, -0.1) is 0 Å². The second kappa shape index (κ2) is 10.3. The largest absolute Gasteiger partial charge is 0.495 e. The van der Waals surface area contributed by atoms with Gasteiger partial charge in [-0.3, -0.25) is 4.79 Å². The molecule has 0 aliphatic rings. The van der Waals surface area contributed by atoms with Crippen LogP contribution in [0.4, 0.5) is 5.69 Å². The van der Waals surface area contributed by atoms with Crippen LogP contribution in [0, 0.1) is 0 Å². The van der Waals surface area contributed by atoms with Gasteiger partial charge in [-0.2, -0.15) is 4.72 Å². The summed E-state index contributed by atoms with van der Waals surface area (Å²) in [5.74, 6) is -0.121. The summed E-state index contributed by atoms with van der Waals surface area (Å²) in [6, 6.07) is 19.3. The Kier molecular flexibility index (Phi) is 7.72. The fraction of sp³-hybridized carbons (Fsp3) is 0.136. The van der Waals surface area contributed by atoms with Crippen molar-refractivity contribution in [2.45, 2.75) is 17.4 Å². The Balaban J connectivity index is 1.87. The fourth-order valence-electron chi connectivity index (χ4n) is 2.87. The number of hydrogen-bond donors (Lipinski definition) is 2. The van der Waals surface area contributed by atoms with Gasteiger partial charge in [0.1, 0.15) is 11.8 Å². The Morgan fingerprint density at radius 3 is 2.35 bits per heavy atom. The van der Waals surface area contributed by atoms with Gasteiger partial charge >= 0.3 is 0 Å². The zero-order valence-electron chi connectivity index (χ0n) is 16.5. The third-order valence-corrected chi connectivity index (χ3v) is 6.74. The first-order valence-electron chi connectivity index (χ1n) is 9.25. The minimum Gasteiger partial charge on any atom is -0.495 e. The fourth-order valence-corrected chi connectivity index (χ4v) is 4.68. The minimum atomic E-state index is -4.03. The Bertz CT molecular complexity index is 1160. The SMILES string of the molecule is COc1ccc(S(=O)(=O)NC(Cc2ccccc2)C(=O)Nc2ccc(Br)cc2)cc1Cl. The van der Waals surface area contributed by atoms with E-state index in [1.165, 1.54) is 25.3 Å². The van der Waals surface area contributed by atoms with Gasteiger partial charge in [0.05, 0.1) is 17.0 Å². The van der Waals surface area contributed by atoms with Gasteiger partial charge in [0, 0.05) is 10.2 Å². The first-order chi connectivity index (χ1) is 14.8. The van der Waals surface area contributed by atoms with Crippen LogP contribution >= 0.6 is 27.5 Å². The number of sulfonamides is 1. The van der Waals surface area contributed by atoms with E-state index in [9.17, 15) is 13.2 Å². The molecule has 0 fully saturated rings. The molecule has 9 heteroatoms. The molecule has 2 N–H and O–H groups in total. The van der Waals surface area contributed by atoms with Gasteiger partial charge in [-0.05, 0) is 54.4 Å². The summed E-state index contributed by atoms with van der Waals surface area (Å²) >= 11 is 9.43. The van der Waals surface area contributed by atoms with Crippen molar-refractivity contribution in [1.82, 2.24) is 4.72 Å². The predicted octanol–water partition coefficient (Wildman–Crippen LogP) is 4.64. The molecule has 3 aromatic rings. The van der Waals surface area contributed by atoms with Crippen molar-refractivity contribution in [1.29, 1.82) is 0 Å². The van der Waals surface area contributed by atoms with E-state index in [1.807, 2.05) is 30.3 Å². The molecule has 0 aliphatic carbocycles. The average Bonchev–Trinajstić information content (AvgIpc) is 2.75. The van der Waals surface area contributed by atoms with Crippen LogP contribution in [0.25, 0.3) is 0 Å². The van der Waals surface area contributed by atoms with Crippen LogP contribution in [0.15, 0.2) is 82.2 Å². The molecule has 162 valence electrons. The normalized spacial score (nSPS) is 12.2. The molecule has 31 heavy (non-hydrogen) atoms. The molecule has 0 bridgehead atoms. The summed E-state index contributed by atoms with van der Waals surface area (Å²) in [5.41, 5.74) is 1.37. The minimum absolute atomic E-state index is 0.0622. The summed E-state index contributed by atoms with van der Waals surface area (Å²) in [6.07, 6.45) is 0.173. The molecule has 0 radical (unpaired) electrons. The molecule has 1 atom stereocenters. The van der Waals surface area contributed by atoms with Crippen LogP contribution in [-0.2, 0) is 21.2 Å². The highest BCUT2D eigenvalue weighted by atomic mass is 79.9. The number of methoxy groups -OCH3 is 1. The lowest BCUT2D eigenvalue weighted by molar-refractivity contribution is -0.117. The Labute approximate surface area is 194 Å². The zero-order valence-corrected chi connectivity index (χ0v) is 19.7. The van der Waals surface area contributed by atoms with Gasteiger partial charge in [0.15, 0.2) is 0 Å². The molecule has 6 nitrogen and oxygen atoms in total. The highest BCUT2D eigenvalue weighted by Gasteiger charge is 2.27. The second-order valence-corrected chi connectivity index (χ2v) is 9.69. The molecule has 0 saturated carbocycles.